The zero-order chi connectivity index (χ0) is 26.6. The number of urea groups is 1. The Morgan fingerprint density at radius 3 is 2.22 bits per heavy atom. The van der Waals surface area contributed by atoms with Crippen LogP contribution in [0.4, 0.5) is 16.3 Å². The number of anilines is 2. The Morgan fingerprint density at radius 1 is 1.00 bits per heavy atom. The standard InChI is InChI=1S/C27H33Cl2N5O2/c1-7-18-8-10-19(11-9-18)30-26(36)33(17(2)3)16-25(35)31-24-15-23(27(4,5)6)32-34(24)20-12-13-21(28)22(29)14-20/h8-15,17H,7,16H2,1-6H3,(H,30,36)(H,31,35). The molecule has 2 aromatic carbocycles. The van der Waals surface area contributed by atoms with E-state index >= 15 is 0 Å². The molecule has 0 aliphatic heterocycles. The molecule has 2 N–H and O–H groups in total. The molecule has 0 radical (unpaired) electrons. The van der Waals surface area contributed by atoms with Crippen molar-refractivity contribution < 1.29 is 9.59 Å². The van der Waals surface area contributed by atoms with Crippen molar-refractivity contribution in [3.05, 3.63) is 69.8 Å². The lowest BCUT2D eigenvalue weighted by molar-refractivity contribution is -0.117. The first-order valence-corrected chi connectivity index (χ1v) is 12.7. The fraction of sp³-hybridized carbons (Fsp3) is 0.370. The van der Waals surface area contributed by atoms with Gasteiger partial charge in [-0.2, -0.15) is 5.10 Å². The van der Waals surface area contributed by atoms with Gasteiger partial charge in [-0.25, -0.2) is 9.48 Å². The van der Waals surface area contributed by atoms with Crippen LogP contribution >= 0.6 is 23.2 Å². The van der Waals surface area contributed by atoms with Crippen LogP contribution in [0, 0.1) is 0 Å². The highest BCUT2D eigenvalue weighted by Gasteiger charge is 2.24. The number of aromatic nitrogens is 2. The summed E-state index contributed by atoms with van der Waals surface area (Å²) in [6, 6.07) is 14.1. The van der Waals surface area contributed by atoms with Gasteiger partial charge in [-0.1, -0.05) is 63.0 Å². The lowest BCUT2D eigenvalue weighted by Crippen LogP contribution is -2.44. The van der Waals surface area contributed by atoms with Gasteiger partial charge in [-0.15, -0.1) is 0 Å². The van der Waals surface area contributed by atoms with Gasteiger partial charge in [0.15, 0.2) is 0 Å². The zero-order valence-corrected chi connectivity index (χ0v) is 23.0. The Kier molecular flexibility index (Phi) is 8.69. The smallest absolute Gasteiger partial charge is 0.313 e. The Morgan fingerprint density at radius 2 is 1.67 bits per heavy atom. The number of halogens is 2. The van der Waals surface area contributed by atoms with Crippen molar-refractivity contribution in [2.45, 2.75) is 59.4 Å². The first-order chi connectivity index (χ1) is 16.9. The van der Waals surface area contributed by atoms with E-state index in [9.17, 15) is 9.59 Å². The molecule has 0 unspecified atom stereocenters. The summed E-state index contributed by atoms with van der Waals surface area (Å²) in [5, 5.41) is 11.3. The van der Waals surface area contributed by atoms with Crippen LogP contribution in [0.25, 0.3) is 5.69 Å². The molecule has 0 aliphatic rings. The van der Waals surface area contributed by atoms with E-state index in [-0.39, 0.29) is 29.9 Å². The monoisotopic (exact) mass is 529 g/mol. The maximum atomic E-state index is 13.1. The van der Waals surface area contributed by atoms with Gasteiger partial charge in [0.05, 0.1) is 21.4 Å². The highest BCUT2D eigenvalue weighted by molar-refractivity contribution is 6.42. The van der Waals surface area contributed by atoms with Crippen LogP contribution < -0.4 is 10.6 Å². The van der Waals surface area contributed by atoms with Crippen molar-refractivity contribution in [3.8, 4) is 5.69 Å². The zero-order valence-electron chi connectivity index (χ0n) is 21.5. The lowest BCUT2D eigenvalue weighted by atomic mass is 9.92. The Hall–Kier alpha value is -3.03. The van der Waals surface area contributed by atoms with Gasteiger partial charge in [0.2, 0.25) is 5.91 Å². The lowest BCUT2D eigenvalue weighted by Gasteiger charge is -2.26. The number of nitrogens with one attached hydrogen (secondary N) is 2. The molecular weight excluding hydrogens is 497 g/mol. The van der Waals surface area contributed by atoms with Gasteiger partial charge in [0, 0.05) is 23.2 Å². The number of carbonyl (C=O) groups excluding carboxylic acids is 2. The maximum Gasteiger partial charge on any atom is 0.322 e. The largest absolute Gasteiger partial charge is 0.322 e. The minimum absolute atomic E-state index is 0.131. The molecule has 0 saturated heterocycles. The Bertz CT molecular complexity index is 1230. The number of hydrogen-bond donors (Lipinski definition) is 2. The second-order valence-corrected chi connectivity index (χ2v) is 10.7. The van der Waals surface area contributed by atoms with E-state index in [1.54, 1.807) is 22.9 Å². The van der Waals surface area contributed by atoms with Crippen molar-refractivity contribution in [1.29, 1.82) is 0 Å². The fourth-order valence-corrected chi connectivity index (χ4v) is 3.79. The molecule has 192 valence electrons. The van der Waals surface area contributed by atoms with Gasteiger partial charge in [0.1, 0.15) is 12.4 Å². The summed E-state index contributed by atoms with van der Waals surface area (Å²) in [7, 11) is 0. The van der Waals surface area contributed by atoms with E-state index in [0.29, 0.717) is 27.2 Å². The Labute approximate surface area is 222 Å². The molecule has 0 saturated carbocycles. The minimum atomic E-state index is -0.349. The first kappa shape index (κ1) is 27.6. The van der Waals surface area contributed by atoms with Crippen LogP contribution in [0.3, 0.4) is 0 Å². The average molecular weight is 531 g/mol. The van der Waals surface area contributed by atoms with Crippen molar-refractivity contribution in [2.24, 2.45) is 0 Å². The van der Waals surface area contributed by atoms with Crippen LogP contribution in [0.5, 0.6) is 0 Å². The number of benzene rings is 2. The SMILES string of the molecule is CCc1ccc(NC(=O)N(CC(=O)Nc2cc(C(C)(C)C)nn2-c2ccc(Cl)c(Cl)c2)C(C)C)cc1. The van der Waals surface area contributed by atoms with Crippen molar-refractivity contribution in [2.75, 3.05) is 17.2 Å². The van der Waals surface area contributed by atoms with Crippen LogP contribution in [0.1, 0.15) is 52.8 Å². The van der Waals surface area contributed by atoms with Crippen LogP contribution in [-0.2, 0) is 16.6 Å². The molecule has 36 heavy (non-hydrogen) atoms. The van der Waals surface area contributed by atoms with Gasteiger partial charge in [0.25, 0.3) is 0 Å². The summed E-state index contributed by atoms with van der Waals surface area (Å²) in [6.45, 7) is 11.8. The topological polar surface area (TPSA) is 79.3 Å². The number of rotatable bonds is 7. The number of nitrogens with zero attached hydrogens (tertiary/aromatic N) is 3. The van der Waals surface area contributed by atoms with E-state index in [4.69, 9.17) is 28.3 Å². The third-order valence-corrected chi connectivity index (χ3v) is 6.44. The molecule has 3 amide bonds. The normalized spacial score (nSPS) is 11.5. The number of hydrogen-bond acceptors (Lipinski definition) is 3. The molecular formula is C27H33Cl2N5O2. The van der Waals surface area contributed by atoms with Gasteiger partial charge in [-0.05, 0) is 56.2 Å². The van der Waals surface area contributed by atoms with Crippen molar-refractivity contribution >= 4 is 46.6 Å². The third-order valence-electron chi connectivity index (χ3n) is 5.70. The van der Waals surface area contributed by atoms with E-state index in [1.807, 2.05) is 65.0 Å². The molecule has 0 bridgehead atoms. The summed E-state index contributed by atoms with van der Waals surface area (Å²) in [4.78, 5) is 27.6. The molecule has 1 aromatic heterocycles. The average Bonchev–Trinajstić information content (AvgIpc) is 3.23. The quantitative estimate of drug-likeness (QED) is 0.348. The van der Waals surface area contributed by atoms with Gasteiger partial charge >= 0.3 is 6.03 Å². The molecule has 9 heteroatoms. The predicted molar refractivity (Wildman–Crippen MR) is 148 cm³/mol. The van der Waals surface area contributed by atoms with Crippen LogP contribution in [0.15, 0.2) is 48.5 Å². The molecule has 3 rings (SSSR count). The van der Waals surface area contributed by atoms with Crippen molar-refractivity contribution in [3.63, 3.8) is 0 Å². The highest BCUT2D eigenvalue weighted by Crippen LogP contribution is 2.29. The van der Waals surface area contributed by atoms with Gasteiger partial charge in [-0.3, -0.25) is 4.79 Å². The number of amides is 3. The number of aryl methyl sites for hydroxylation is 1. The van der Waals surface area contributed by atoms with E-state index in [1.165, 1.54) is 10.5 Å². The molecule has 0 spiro atoms. The summed E-state index contributed by atoms with van der Waals surface area (Å²) >= 11 is 12.3. The molecule has 0 fully saturated rings. The van der Waals surface area contributed by atoms with E-state index in [2.05, 4.69) is 17.6 Å². The summed E-state index contributed by atoms with van der Waals surface area (Å²) in [6.07, 6.45) is 0.919. The van der Waals surface area contributed by atoms with E-state index < -0.39 is 0 Å². The van der Waals surface area contributed by atoms with Gasteiger partial charge < -0.3 is 15.5 Å². The van der Waals surface area contributed by atoms with E-state index in [0.717, 1.165) is 12.1 Å². The highest BCUT2D eigenvalue weighted by atomic mass is 35.5. The molecule has 1 heterocycles. The third kappa shape index (κ3) is 6.80. The number of carbonyl (C=O) groups is 2. The first-order valence-electron chi connectivity index (χ1n) is 11.9. The molecule has 7 nitrogen and oxygen atoms in total. The van der Waals surface area contributed by atoms with Crippen LogP contribution in [0.2, 0.25) is 10.0 Å². The second kappa shape index (κ2) is 11.4. The summed E-state index contributed by atoms with van der Waals surface area (Å²) in [5.74, 6) is 0.129. The molecule has 0 aliphatic carbocycles. The second-order valence-electron chi connectivity index (χ2n) is 9.93. The fourth-order valence-electron chi connectivity index (χ4n) is 3.50. The summed E-state index contributed by atoms with van der Waals surface area (Å²) < 4.78 is 1.62. The molecule has 3 aromatic rings. The van der Waals surface area contributed by atoms with Crippen LogP contribution in [-0.4, -0.2) is 39.2 Å². The Balaban J connectivity index is 1.81. The summed E-state index contributed by atoms with van der Waals surface area (Å²) in [5.41, 5.74) is 3.05. The maximum absolute atomic E-state index is 13.1. The predicted octanol–water partition coefficient (Wildman–Crippen LogP) is 6.92. The molecule has 0 atom stereocenters. The minimum Gasteiger partial charge on any atom is -0.313 e. The van der Waals surface area contributed by atoms with Crippen molar-refractivity contribution in [1.82, 2.24) is 14.7 Å².